The maximum Gasteiger partial charge on any atom is 0.242 e. The summed E-state index contributed by atoms with van der Waals surface area (Å²) >= 11 is 0. The number of aryl methyl sites for hydroxylation is 1. The van der Waals surface area contributed by atoms with Crippen LogP contribution in [-0.4, -0.2) is 38.1 Å². The van der Waals surface area contributed by atoms with Crippen molar-refractivity contribution >= 4 is 21.6 Å². The largest absolute Gasteiger partial charge is 0.495 e. The Bertz CT molecular complexity index is 1220. The summed E-state index contributed by atoms with van der Waals surface area (Å²) in [4.78, 5) is 18.0. The van der Waals surface area contributed by atoms with Crippen LogP contribution in [0.1, 0.15) is 24.3 Å². The van der Waals surface area contributed by atoms with Crippen molar-refractivity contribution in [2.24, 2.45) is 0 Å². The molecular weight excluding hydrogens is 420 g/mol. The molecule has 2 heterocycles. The molecule has 0 unspecified atom stereocenters. The molecule has 2 aromatic carbocycles. The van der Waals surface area contributed by atoms with E-state index in [1.165, 1.54) is 19.2 Å². The quantitative estimate of drug-likeness (QED) is 0.598. The molecule has 0 aliphatic carbocycles. The number of hydrogen-bond acceptors (Lipinski definition) is 7. The minimum Gasteiger partial charge on any atom is -0.495 e. The van der Waals surface area contributed by atoms with E-state index in [1.807, 2.05) is 31.2 Å². The van der Waals surface area contributed by atoms with Crippen LogP contribution < -0.4 is 14.4 Å². The van der Waals surface area contributed by atoms with Crippen LogP contribution in [0.4, 0.5) is 5.69 Å². The standard InChI is InChI=1S/C21H22N4O5S/c1-14-6-3-4-7-16(14)21-23-19(30-24-21)13-22-31(27,28)15-9-10-18(29-2)17(12-15)25-11-5-8-20(25)26/h3-4,6-7,9-10,12,22H,5,8,11,13H2,1-2H3. The van der Waals surface area contributed by atoms with Gasteiger partial charge in [0.1, 0.15) is 5.75 Å². The molecule has 1 aliphatic rings. The molecule has 1 aromatic heterocycles. The van der Waals surface area contributed by atoms with Crippen molar-refractivity contribution in [3.63, 3.8) is 0 Å². The predicted molar refractivity (Wildman–Crippen MR) is 113 cm³/mol. The van der Waals surface area contributed by atoms with E-state index in [2.05, 4.69) is 14.9 Å². The minimum absolute atomic E-state index is 0.0154. The number of methoxy groups -OCH3 is 1. The van der Waals surface area contributed by atoms with Crippen molar-refractivity contribution in [1.82, 2.24) is 14.9 Å². The van der Waals surface area contributed by atoms with Crippen LogP contribution >= 0.6 is 0 Å². The van der Waals surface area contributed by atoms with Crippen molar-refractivity contribution in [1.29, 1.82) is 0 Å². The second kappa shape index (κ2) is 8.48. The smallest absolute Gasteiger partial charge is 0.242 e. The van der Waals surface area contributed by atoms with Crippen LogP contribution in [0.5, 0.6) is 5.75 Å². The highest BCUT2D eigenvalue weighted by atomic mass is 32.2. The molecule has 0 bridgehead atoms. The number of hydrogen-bond donors (Lipinski definition) is 1. The van der Waals surface area contributed by atoms with E-state index in [0.29, 0.717) is 30.2 Å². The third-order valence-electron chi connectivity index (χ3n) is 5.09. The second-order valence-corrected chi connectivity index (χ2v) is 8.90. The minimum atomic E-state index is -3.89. The Hall–Kier alpha value is -3.24. The molecule has 1 fully saturated rings. The highest BCUT2D eigenvalue weighted by Crippen LogP contribution is 2.33. The summed E-state index contributed by atoms with van der Waals surface area (Å²) in [7, 11) is -2.41. The van der Waals surface area contributed by atoms with Gasteiger partial charge in [0.2, 0.25) is 27.6 Å². The van der Waals surface area contributed by atoms with Gasteiger partial charge in [0.05, 0.1) is 24.2 Å². The molecular formula is C21H22N4O5S. The summed E-state index contributed by atoms with van der Waals surface area (Å²) in [6, 6.07) is 12.0. The number of nitrogens with one attached hydrogen (secondary N) is 1. The van der Waals surface area contributed by atoms with E-state index in [4.69, 9.17) is 9.26 Å². The lowest BCUT2D eigenvalue weighted by Gasteiger charge is -2.20. The lowest BCUT2D eigenvalue weighted by atomic mass is 10.1. The second-order valence-electron chi connectivity index (χ2n) is 7.13. The summed E-state index contributed by atoms with van der Waals surface area (Å²) in [5.74, 6) is 0.918. The van der Waals surface area contributed by atoms with Gasteiger partial charge >= 0.3 is 0 Å². The number of carbonyl (C=O) groups is 1. The van der Waals surface area contributed by atoms with Gasteiger partial charge in [-0.25, -0.2) is 13.1 Å². The number of nitrogens with zero attached hydrogens (tertiary/aromatic N) is 3. The molecule has 1 aliphatic heterocycles. The molecule has 3 aromatic rings. The first kappa shape index (κ1) is 21.0. The Morgan fingerprint density at radius 3 is 2.74 bits per heavy atom. The number of benzene rings is 2. The number of carbonyl (C=O) groups excluding carboxylic acids is 1. The van der Waals surface area contributed by atoms with Crippen molar-refractivity contribution in [2.45, 2.75) is 31.2 Å². The molecule has 1 amide bonds. The van der Waals surface area contributed by atoms with Gasteiger partial charge in [-0.1, -0.05) is 29.4 Å². The first-order chi connectivity index (χ1) is 14.9. The average Bonchev–Trinajstić information content (AvgIpc) is 3.41. The lowest BCUT2D eigenvalue weighted by Crippen LogP contribution is -2.26. The van der Waals surface area contributed by atoms with Crippen LogP contribution in [0.25, 0.3) is 11.4 Å². The van der Waals surface area contributed by atoms with E-state index in [0.717, 1.165) is 17.5 Å². The number of amides is 1. The van der Waals surface area contributed by atoms with Gasteiger partial charge in [0.25, 0.3) is 0 Å². The van der Waals surface area contributed by atoms with Crippen LogP contribution in [0, 0.1) is 6.92 Å². The van der Waals surface area contributed by atoms with E-state index in [-0.39, 0.29) is 23.2 Å². The lowest BCUT2D eigenvalue weighted by molar-refractivity contribution is -0.117. The van der Waals surface area contributed by atoms with Crippen LogP contribution in [0.3, 0.4) is 0 Å². The summed E-state index contributed by atoms with van der Waals surface area (Å²) in [6.07, 6.45) is 1.15. The van der Waals surface area contributed by atoms with Crippen LogP contribution in [0.15, 0.2) is 51.9 Å². The van der Waals surface area contributed by atoms with Crippen molar-refractivity contribution in [3.8, 4) is 17.1 Å². The molecule has 10 heteroatoms. The first-order valence-electron chi connectivity index (χ1n) is 9.76. The summed E-state index contributed by atoms with van der Waals surface area (Å²) < 4.78 is 38.7. The normalized spacial score (nSPS) is 14.3. The molecule has 9 nitrogen and oxygen atoms in total. The number of ether oxygens (including phenoxy) is 1. The van der Waals surface area contributed by atoms with Crippen molar-refractivity contribution in [3.05, 3.63) is 53.9 Å². The zero-order valence-corrected chi connectivity index (χ0v) is 18.0. The molecule has 31 heavy (non-hydrogen) atoms. The molecule has 0 atom stereocenters. The van der Waals surface area contributed by atoms with E-state index >= 15 is 0 Å². The van der Waals surface area contributed by atoms with Gasteiger partial charge in [-0.2, -0.15) is 4.98 Å². The molecule has 162 valence electrons. The fraction of sp³-hybridized carbons (Fsp3) is 0.286. The van der Waals surface area contributed by atoms with E-state index in [1.54, 1.807) is 11.0 Å². The molecule has 0 saturated carbocycles. The number of aromatic nitrogens is 2. The maximum absolute atomic E-state index is 12.8. The summed E-state index contributed by atoms with van der Waals surface area (Å²) in [6.45, 7) is 2.29. The average molecular weight is 442 g/mol. The Labute approximate surface area is 180 Å². The SMILES string of the molecule is COc1ccc(S(=O)(=O)NCc2nc(-c3ccccc3C)no2)cc1N1CCCC1=O. The number of anilines is 1. The molecule has 0 radical (unpaired) electrons. The zero-order valence-electron chi connectivity index (χ0n) is 17.2. The molecule has 4 rings (SSSR count). The van der Waals surface area contributed by atoms with Gasteiger partial charge in [0, 0.05) is 18.5 Å². The number of sulfonamides is 1. The third-order valence-corrected chi connectivity index (χ3v) is 6.49. The Kier molecular flexibility index (Phi) is 5.75. The van der Waals surface area contributed by atoms with Crippen molar-refractivity contribution in [2.75, 3.05) is 18.6 Å². The van der Waals surface area contributed by atoms with Gasteiger partial charge in [-0.3, -0.25) is 4.79 Å². The van der Waals surface area contributed by atoms with E-state index < -0.39 is 10.0 Å². The summed E-state index contributed by atoms with van der Waals surface area (Å²) in [5.41, 5.74) is 2.24. The van der Waals surface area contributed by atoms with Crippen LogP contribution in [0.2, 0.25) is 0 Å². The zero-order chi connectivity index (χ0) is 22.0. The Morgan fingerprint density at radius 1 is 1.23 bits per heavy atom. The third kappa shape index (κ3) is 4.30. The predicted octanol–water partition coefficient (Wildman–Crippen LogP) is 2.66. The van der Waals surface area contributed by atoms with E-state index in [9.17, 15) is 13.2 Å². The monoisotopic (exact) mass is 442 g/mol. The molecule has 1 saturated heterocycles. The molecule has 0 spiro atoms. The highest BCUT2D eigenvalue weighted by molar-refractivity contribution is 7.89. The highest BCUT2D eigenvalue weighted by Gasteiger charge is 2.27. The first-order valence-corrected chi connectivity index (χ1v) is 11.2. The fourth-order valence-corrected chi connectivity index (χ4v) is 4.44. The fourth-order valence-electron chi connectivity index (χ4n) is 3.45. The van der Waals surface area contributed by atoms with Gasteiger partial charge in [-0.15, -0.1) is 0 Å². The van der Waals surface area contributed by atoms with Gasteiger partial charge in [0.15, 0.2) is 0 Å². The molecule has 1 N–H and O–H groups in total. The van der Waals surface area contributed by atoms with Gasteiger partial charge < -0.3 is 14.2 Å². The topological polar surface area (TPSA) is 115 Å². The maximum atomic E-state index is 12.8. The summed E-state index contributed by atoms with van der Waals surface area (Å²) in [5, 5.41) is 3.94. The Balaban J connectivity index is 1.53. The van der Waals surface area contributed by atoms with Gasteiger partial charge in [-0.05, 0) is 37.1 Å². The number of rotatable bonds is 7. The van der Waals surface area contributed by atoms with Crippen molar-refractivity contribution < 1.29 is 22.5 Å². The Morgan fingerprint density at radius 2 is 2.03 bits per heavy atom. The van der Waals surface area contributed by atoms with Crippen LogP contribution in [-0.2, 0) is 21.4 Å².